The number of ether oxygens (including phenoxy) is 1. The van der Waals surface area contributed by atoms with E-state index in [0.717, 1.165) is 49.1 Å². The zero-order chi connectivity index (χ0) is 16.2. The fraction of sp³-hybridized carbons (Fsp3) is 0.444. The van der Waals surface area contributed by atoms with Gasteiger partial charge in [-0.3, -0.25) is 9.88 Å². The van der Waals surface area contributed by atoms with Crippen molar-refractivity contribution in [1.29, 1.82) is 0 Å². The first-order valence-electron chi connectivity index (χ1n) is 8.02. The molecular weight excluding hydrogens is 288 g/mol. The Bertz CT molecular complexity index is 659. The van der Waals surface area contributed by atoms with Crippen LogP contribution in [0.2, 0.25) is 0 Å². The van der Waals surface area contributed by atoms with Crippen LogP contribution in [-0.4, -0.2) is 48.7 Å². The maximum absolute atomic E-state index is 5.95. The van der Waals surface area contributed by atoms with Gasteiger partial charge in [0.2, 0.25) is 0 Å². The van der Waals surface area contributed by atoms with Gasteiger partial charge in [-0.25, -0.2) is 4.98 Å². The molecule has 0 bridgehead atoms. The molecule has 0 aromatic carbocycles. The lowest BCUT2D eigenvalue weighted by Crippen LogP contribution is -2.38. The van der Waals surface area contributed by atoms with Crippen molar-refractivity contribution in [3.8, 4) is 0 Å². The van der Waals surface area contributed by atoms with E-state index in [1.54, 1.807) is 0 Å². The molecule has 3 rings (SSSR count). The van der Waals surface area contributed by atoms with E-state index >= 15 is 0 Å². The van der Waals surface area contributed by atoms with Crippen LogP contribution in [0.15, 0.2) is 36.4 Å². The van der Waals surface area contributed by atoms with Gasteiger partial charge in [0.1, 0.15) is 11.9 Å². The second-order valence-electron chi connectivity index (χ2n) is 6.18. The van der Waals surface area contributed by atoms with E-state index in [1.807, 2.05) is 50.2 Å². The van der Waals surface area contributed by atoms with Crippen molar-refractivity contribution in [2.24, 2.45) is 0 Å². The summed E-state index contributed by atoms with van der Waals surface area (Å²) in [7, 11) is 4.01. The van der Waals surface area contributed by atoms with Gasteiger partial charge >= 0.3 is 0 Å². The normalized spacial score (nSPS) is 18.8. The van der Waals surface area contributed by atoms with E-state index < -0.39 is 0 Å². The predicted molar refractivity (Wildman–Crippen MR) is 91.5 cm³/mol. The SMILES string of the molecule is Cc1cccc(CN2CCOC(c3cccc(N(C)C)n3)C2)n1. The first kappa shape index (κ1) is 15.9. The topological polar surface area (TPSA) is 41.5 Å². The fourth-order valence-corrected chi connectivity index (χ4v) is 2.81. The van der Waals surface area contributed by atoms with Crippen molar-refractivity contribution < 1.29 is 4.74 Å². The lowest BCUT2D eigenvalue weighted by atomic mass is 10.1. The molecule has 2 aromatic rings. The molecule has 2 aromatic heterocycles. The van der Waals surface area contributed by atoms with Gasteiger partial charge in [-0.2, -0.15) is 0 Å². The smallest absolute Gasteiger partial charge is 0.128 e. The standard InChI is InChI=1S/C18H24N4O/c1-14-6-4-7-15(19-14)12-22-10-11-23-17(13-22)16-8-5-9-18(20-16)21(2)3/h4-9,17H,10-13H2,1-3H3. The van der Waals surface area contributed by atoms with Crippen LogP contribution in [0, 0.1) is 6.92 Å². The van der Waals surface area contributed by atoms with Crippen molar-refractivity contribution in [1.82, 2.24) is 14.9 Å². The monoisotopic (exact) mass is 312 g/mol. The van der Waals surface area contributed by atoms with Crippen LogP contribution in [0.4, 0.5) is 5.82 Å². The number of aryl methyl sites for hydroxylation is 1. The summed E-state index contributed by atoms with van der Waals surface area (Å²) < 4.78 is 5.95. The number of hydrogen-bond acceptors (Lipinski definition) is 5. The van der Waals surface area contributed by atoms with Gasteiger partial charge in [-0.15, -0.1) is 0 Å². The highest BCUT2D eigenvalue weighted by atomic mass is 16.5. The van der Waals surface area contributed by atoms with Crippen LogP contribution in [0.3, 0.4) is 0 Å². The van der Waals surface area contributed by atoms with Crippen LogP contribution in [0.25, 0.3) is 0 Å². The van der Waals surface area contributed by atoms with Crippen LogP contribution in [0.1, 0.15) is 23.2 Å². The summed E-state index contributed by atoms with van der Waals surface area (Å²) >= 11 is 0. The van der Waals surface area contributed by atoms with Crippen LogP contribution in [0.5, 0.6) is 0 Å². The van der Waals surface area contributed by atoms with Gasteiger partial charge in [0.15, 0.2) is 0 Å². The quantitative estimate of drug-likeness (QED) is 0.867. The number of hydrogen-bond donors (Lipinski definition) is 0. The molecule has 23 heavy (non-hydrogen) atoms. The molecule has 0 spiro atoms. The molecule has 5 heteroatoms. The Labute approximate surface area is 137 Å². The Balaban J connectivity index is 1.69. The Morgan fingerprint density at radius 2 is 2.00 bits per heavy atom. The summed E-state index contributed by atoms with van der Waals surface area (Å²) in [6.45, 7) is 5.39. The molecule has 1 fully saturated rings. The predicted octanol–water partition coefficient (Wildman–Crippen LogP) is 2.42. The van der Waals surface area contributed by atoms with Gasteiger partial charge in [0.05, 0.1) is 18.0 Å². The van der Waals surface area contributed by atoms with Crippen molar-refractivity contribution in [3.63, 3.8) is 0 Å². The minimum atomic E-state index is 0.0217. The number of pyridine rings is 2. The van der Waals surface area contributed by atoms with E-state index in [2.05, 4.69) is 22.0 Å². The molecule has 0 amide bonds. The number of morpholine rings is 1. The summed E-state index contributed by atoms with van der Waals surface area (Å²) in [4.78, 5) is 13.7. The second kappa shape index (κ2) is 7.06. The molecule has 1 unspecified atom stereocenters. The summed E-state index contributed by atoms with van der Waals surface area (Å²) in [5.74, 6) is 0.962. The average Bonchev–Trinajstić information content (AvgIpc) is 2.55. The third-order valence-corrected chi connectivity index (χ3v) is 4.03. The molecule has 122 valence electrons. The van der Waals surface area contributed by atoms with Crippen LogP contribution < -0.4 is 4.90 Å². The van der Waals surface area contributed by atoms with Gasteiger partial charge in [-0.1, -0.05) is 12.1 Å². The Hall–Kier alpha value is -1.98. The van der Waals surface area contributed by atoms with Gasteiger partial charge in [0, 0.05) is 39.4 Å². The highest BCUT2D eigenvalue weighted by Gasteiger charge is 2.23. The fourth-order valence-electron chi connectivity index (χ4n) is 2.81. The zero-order valence-corrected chi connectivity index (χ0v) is 14.1. The van der Waals surface area contributed by atoms with E-state index in [0.29, 0.717) is 0 Å². The minimum Gasteiger partial charge on any atom is -0.369 e. The van der Waals surface area contributed by atoms with E-state index in [9.17, 15) is 0 Å². The maximum atomic E-state index is 5.95. The molecule has 1 aliphatic rings. The molecule has 3 heterocycles. The van der Waals surface area contributed by atoms with Gasteiger partial charge in [-0.05, 0) is 31.2 Å². The lowest BCUT2D eigenvalue weighted by molar-refractivity contribution is -0.0353. The van der Waals surface area contributed by atoms with E-state index in [4.69, 9.17) is 9.72 Å². The first-order valence-corrected chi connectivity index (χ1v) is 8.02. The lowest BCUT2D eigenvalue weighted by Gasteiger charge is -2.32. The van der Waals surface area contributed by atoms with Crippen molar-refractivity contribution >= 4 is 5.82 Å². The highest BCUT2D eigenvalue weighted by Crippen LogP contribution is 2.23. The Morgan fingerprint density at radius 1 is 1.17 bits per heavy atom. The first-order chi connectivity index (χ1) is 11.1. The second-order valence-corrected chi connectivity index (χ2v) is 6.18. The molecule has 1 atom stereocenters. The summed E-state index contributed by atoms with van der Waals surface area (Å²) in [5.41, 5.74) is 3.17. The van der Waals surface area contributed by atoms with E-state index in [-0.39, 0.29) is 6.10 Å². The molecule has 0 radical (unpaired) electrons. The third-order valence-electron chi connectivity index (χ3n) is 4.03. The molecule has 1 saturated heterocycles. The molecular formula is C18H24N4O. The molecule has 1 aliphatic heterocycles. The summed E-state index contributed by atoms with van der Waals surface area (Å²) in [6, 6.07) is 12.3. The summed E-state index contributed by atoms with van der Waals surface area (Å²) in [6.07, 6.45) is 0.0217. The average molecular weight is 312 g/mol. The number of rotatable bonds is 4. The summed E-state index contributed by atoms with van der Waals surface area (Å²) in [5, 5.41) is 0. The van der Waals surface area contributed by atoms with Crippen molar-refractivity contribution in [3.05, 3.63) is 53.5 Å². The zero-order valence-electron chi connectivity index (χ0n) is 14.1. The maximum Gasteiger partial charge on any atom is 0.128 e. The van der Waals surface area contributed by atoms with Gasteiger partial charge < -0.3 is 9.64 Å². The van der Waals surface area contributed by atoms with Crippen molar-refractivity contribution in [2.45, 2.75) is 19.6 Å². The number of anilines is 1. The third kappa shape index (κ3) is 4.06. The van der Waals surface area contributed by atoms with Crippen molar-refractivity contribution in [2.75, 3.05) is 38.7 Å². The Morgan fingerprint density at radius 3 is 2.78 bits per heavy atom. The minimum absolute atomic E-state index is 0.0217. The number of aromatic nitrogens is 2. The largest absolute Gasteiger partial charge is 0.369 e. The van der Waals surface area contributed by atoms with Gasteiger partial charge in [0.25, 0.3) is 0 Å². The highest BCUT2D eigenvalue weighted by molar-refractivity contribution is 5.37. The van der Waals surface area contributed by atoms with Crippen LogP contribution in [-0.2, 0) is 11.3 Å². The number of nitrogens with zero attached hydrogens (tertiary/aromatic N) is 4. The Kier molecular flexibility index (Phi) is 4.88. The van der Waals surface area contributed by atoms with E-state index in [1.165, 1.54) is 0 Å². The molecule has 0 saturated carbocycles. The molecule has 0 N–H and O–H groups in total. The molecule has 0 aliphatic carbocycles. The van der Waals surface area contributed by atoms with Crippen LogP contribution >= 0.6 is 0 Å². The molecule has 5 nitrogen and oxygen atoms in total.